The molecule has 0 aliphatic rings. The van der Waals surface area contributed by atoms with Crippen molar-refractivity contribution in [3.05, 3.63) is 35.9 Å². The normalized spacial score (nSPS) is 11.5. The van der Waals surface area contributed by atoms with Crippen LogP contribution in [0.15, 0.2) is 30.3 Å². The molecule has 1 aromatic carbocycles. The lowest BCUT2D eigenvalue weighted by Gasteiger charge is -2.12. The van der Waals surface area contributed by atoms with E-state index in [1.165, 1.54) is 11.6 Å². The number of rotatable bonds is 2. The SMILES string of the molecule is C[Si](C)(I)Cc1ccccc1. The monoisotopic (exact) mass is 276 g/mol. The molecule has 0 aliphatic carbocycles. The summed E-state index contributed by atoms with van der Waals surface area (Å²) in [6.45, 7) is 4.78. The molecule has 2 heteroatoms. The first-order valence-corrected chi connectivity index (χ1v) is 10.1. The average Bonchev–Trinajstić information content (AvgIpc) is 1.85. The van der Waals surface area contributed by atoms with E-state index < -0.39 is 5.57 Å². The fourth-order valence-corrected chi connectivity index (χ4v) is 3.61. The Labute approximate surface area is 82.2 Å². The molecule has 0 radical (unpaired) electrons. The minimum atomic E-state index is -0.928. The third-order valence-corrected chi connectivity index (χ3v) is 3.86. The highest BCUT2D eigenvalue weighted by atomic mass is 127. The molecule has 0 heterocycles. The fraction of sp³-hybridized carbons (Fsp3) is 0.333. The summed E-state index contributed by atoms with van der Waals surface area (Å²) < 4.78 is 0. The van der Waals surface area contributed by atoms with Gasteiger partial charge in [-0.25, -0.2) is 0 Å². The highest BCUT2D eigenvalue weighted by Crippen LogP contribution is 2.17. The third-order valence-electron chi connectivity index (χ3n) is 1.47. The Morgan fingerprint density at radius 2 is 1.73 bits per heavy atom. The van der Waals surface area contributed by atoms with Crippen molar-refractivity contribution < 1.29 is 0 Å². The molecule has 0 fully saturated rings. The van der Waals surface area contributed by atoms with Gasteiger partial charge in [-0.05, 0) is 11.6 Å². The summed E-state index contributed by atoms with van der Waals surface area (Å²) >= 11 is 2.62. The van der Waals surface area contributed by atoms with Crippen molar-refractivity contribution in [2.24, 2.45) is 0 Å². The van der Waals surface area contributed by atoms with E-state index in [-0.39, 0.29) is 0 Å². The number of halogens is 1. The van der Waals surface area contributed by atoms with Gasteiger partial charge in [-0.2, -0.15) is 0 Å². The molecule has 0 saturated heterocycles. The van der Waals surface area contributed by atoms with Crippen molar-refractivity contribution >= 4 is 27.4 Å². The van der Waals surface area contributed by atoms with Gasteiger partial charge in [0.2, 0.25) is 0 Å². The molecular formula is C9H13ISi. The van der Waals surface area contributed by atoms with Crippen LogP contribution in [-0.2, 0) is 6.04 Å². The predicted molar refractivity (Wildman–Crippen MR) is 61.6 cm³/mol. The molecule has 0 N–H and O–H groups in total. The Morgan fingerprint density at radius 1 is 1.18 bits per heavy atom. The van der Waals surface area contributed by atoms with Crippen molar-refractivity contribution in [1.29, 1.82) is 0 Å². The average molecular weight is 276 g/mol. The van der Waals surface area contributed by atoms with Gasteiger partial charge in [-0.15, -0.1) is 21.8 Å². The third kappa shape index (κ3) is 3.91. The van der Waals surface area contributed by atoms with Crippen LogP contribution in [0.1, 0.15) is 5.56 Å². The van der Waals surface area contributed by atoms with Crippen LogP contribution >= 0.6 is 21.8 Å². The Hall–Kier alpha value is 0.167. The second-order valence-electron chi connectivity index (χ2n) is 3.38. The first-order chi connectivity index (χ1) is 5.08. The zero-order chi connectivity index (χ0) is 8.32. The Balaban J connectivity index is 2.66. The van der Waals surface area contributed by atoms with E-state index in [2.05, 4.69) is 65.2 Å². The summed E-state index contributed by atoms with van der Waals surface area (Å²) in [7, 11) is 0. The lowest BCUT2D eigenvalue weighted by molar-refractivity contribution is 1.35. The lowest BCUT2D eigenvalue weighted by atomic mass is 10.2. The maximum Gasteiger partial charge on any atom is 0.123 e. The van der Waals surface area contributed by atoms with E-state index in [1.807, 2.05) is 0 Å². The molecule has 1 rings (SSSR count). The zero-order valence-electron chi connectivity index (χ0n) is 6.97. The molecule has 11 heavy (non-hydrogen) atoms. The van der Waals surface area contributed by atoms with E-state index in [0.717, 1.165) is 0 Å². The van der Waals surface area contributed by atoms with Crippen molar-refractivity contribution in [3.63, 3.8) is 0 Å². The summed E-state index contributed by atoms with van der Waals surface area (Å²) in [5.41, 5.74) is 0.557. The highest BCUT2D eigenvalue weighted by molar-refractivity contribution is 14.1. The topological polar surface area (TPSA) is 0 Å². The molecule has 1 aromatic rings. The van der Waals surface area contributed by atoms with Crippen molar-refractivity contribution in [2.45, 2.75) is 19.1 Å². The standard InChI is InChI=1S/C9H13ISi/c1-11(2,10)8-9-6-4-3-5-7-9/h3-7H,8H2,1-2H3. The van der Waals surface area contributed by atoms with Gasteiger partial charge in [-0.3, -0.25) is 0 Å². The van der Waals surface area contributed by atoms with Gasteiger partial charge in [0.05, 0.1) is 0 Å². The zero-order valence-corrected chi connectivity index (χ0v) is 10.1. The van der Waals surface area contributed by atoms with E-state index in [4.69, 9.17) is 0 Å². The van der Waals surface area contributed by atoms with Gasteiger partial charge in [0, 0.05) is 0 Å². The van der Waals surface area contributed by atoms with Gasteiger partial charge in [0.15, 0.2) is 0 Å². The predicted octanol–water partition coefficient (Wildman–Crippen LogP) is 3.41. The molecule has 0 unspecified atom stereocenters. The summed E-state index contributed by atoms with van der Waals surface area (Å²) in [5, 5.41) is 0. The molecule has 0 atom stereocenters. The molecule has 0 aromatic heterocycles. The van der Waals surface area contributed by atoms with E-state index >= 15 is 0 Å². The lowest BCUT2D eigenvalue weighted by Crippen LogP contribution is -2.19. The van der Waals surface area contributed by atoms with Crippen LogP contribution in [-0.4, -0.2) is 5.57 Å². The molecule has 0 bridgehead atoms. The quantitative estimate of drug-likeness (QED) is 0.441. The highest BCUT2D eigenvalue weighted by Gasteiger charge is 2.15. The molecule has 0 amide bonds. The second-order valence-corrected chi connectivity index (χ2v) is 15.9. The first kappa shape index (κ1) is 9.26. The van der Waals surface area contributed by atoms with Gasteiger partial charge in [-0.1, -0.05) is 43.4 Å². The first-order valence-electron chi connectivity index (χ1n) is 3.81. The van der Waals surface area contributed by atoms with Crippen molar-refractivity contribution in [3.8, 4) is 0 Å². The molecule has 0 saturated carbocycles. The Bertz CT molecular complexity index is 213. The maximum absolute atomic E-state index is 2.62. The minimum Gasteiger partial charge on any atom is -0.119 e. The van der Waals surface area contributed by atoms with E-state index in [9.17, 15) is 0 Å². The second kappa shape index (κ2) is 3.71. The van der Waals surface area contributed by atoms with Gasteiger partial charge in [0.1, 0.15) is 5.57 Å². The van der Waals surface area contributed by atoms with Crippen molar-refractivity contribution in [1.82, 2.24) is 0 Å². The van der Waals surface area contributed by atoms with E-state index in [1.54, 1.807) is 0 Å². The minimum absolute atomic E-state index is 0.928. The Kier molecular flexibility index (Phi) is 3.13. The summed E-state index contributed by atoms with van der Waals surface area (Å²) in [4.78, 5) is 0. The molecule has 60 valence electrons. The largest absolute Gasteiger partial charge is 0.123 e. The van der Waals surface area contributed by atoms with Gasteiger partial charge < -0.3 is 0 Å². The number of hydrogen-bond donors (Lipinski definition) is 0. The van der Waals surface area contributed by atoms with E-state index in [0.29, 0.717) is 0 Å². The Morgan fingerprint density at radius 3 is 2.18 bits per heavy atom. The van der Waals surface area contributed by atoms with Crippen LogP contribution < -0.4 is 0 Å². The molecule has 0 spiro atoms. The van der Waals surface area contributed by atoms with Crippen LogP contribution in [0.3, 0.4) is 0 Å². The summed E-state index contributed by atoms with van der Waals surface area (Å²) in [6, 6.07) is 12.0. The van der Waals surface area contributed by atoms with Crippen LogP contribution in [0.4, 0.5) is 0 Å². The van der Waals surface area contributed by atoms with Crippen LogP contribution in [0, 0.1) is 0 Å². The molecule has 0 aliphatic heterocycles. The number of hydrogen-bond acceptors (Lipinski definition) is 0. The molecule has 0 nitrogen and oxygen atoms in total. The summed E-state index contributed by atoms with van der Waals surface area (Å²) in [6.07, 6.45) is 0. The fourth-order valence-electron chi connectivity index (χ4n) is 1.08. The smallest absolute Gasteiger partial charge is 0.119 e. The molecular weight excluding hydrogens is 263 g/mol. The van der Waals surface area contributed by atoms with Gasteiger partial charge in [0.25, 0.3) is 0 Å². The van der Waals surface area contributed by atoms with Crippen LogP contribution in [0.25, 0.3) is 0 Å². The summed E-state index contributed by atoms with van der Waals surface area (Å²) in [5.74, 6) is 0. The van der Waals surface area contributed by atoms with Crippen molar-refractivity contribution in [2.75, 3.05) is 0 Å². The maximum atomic E-state index is 2.62. The van der Waals surface area contributed by atoms with Crippen LogP contribution in [0.2, 0.25) is 13.1 Å². The number of benzene rings is 1. The van der Waals surface area contributed by atoms with Gasteiger partial charge >= 0.3 is 0 Å². The van der Waals surface area contributed by atoms with Crippen LogP contribution in [0.5, 0.6) is 0 Å².